The zero-order valence-electron chi connectivity index (χ0n) is 12.8. The first-order valence-electron chi connectivity index (χ1n) is 6.92. The number of ether oxygens (including phenoxy) is 1. The molecule has 0 spiro atoms. The number of nitrogens with one attached hydrogen (secondary N) is 1. The van der Waals surface area contributed by atoms with E-state index in [1.165, 1.54) is 6.21 Å². The molecule has 2 aromatic carbocycles. The van der Waals surface area contributed by atoms with Crippen LogP contribution in [-0.4, -0.2) is 18.7 Å². The van der Waals surface area contributed by atoms with E-state index in [-0.39, 0.29) is 12.5 Å². The summed E-state index contributed by atoms with van der Waals surface area (Å²) in [6.45, 7) is 3.82. The van der Waals surface area contributed by atoms with Crippen LogP contribution in [-0.2, 0) is 4.79 Å². The second kappa shape index (κ2) is 7.99. The third kappa shape index (κ3) is 5.27. The fourth-order valence-electron chi connectivity index (χ4n) is 1.99. The van der Waals surface area contributed by atoms with Gasteiger partial charge in [0, 0.05) is 5.56 Å². The van der Waals surface area contributed by atoms with Crippen molar-refractivity contribution in [1.82, 2.24) is 5.43 Å². The number of aryl methyl sites for hydroxylation is 2. The van der Waals surface area contributed by atoms with Crippen molar-refractivity contribution < 1.29 is 9.53 Å². The van der Waals surface area contributed by atoms with Crippen molar-refractivity contribution in [1.29, 1.82) is 0 Å². The van der Waals surface area contributed by atoms with Crippen molar-refractivity contribution in [3.8, 4) is 5.75 Å². The molecule has 0 saturated carbocycles. The molecule has 0 atom stereocenters. The fraction of sp³-hybridized carbons (Fsp3) is 0.176. The van der Waals surface area contributed by atoms with Gasteiger partial charge in [-0.05, 0) is 43.2 Å². The van der Waals surface area contributed by atoms with Gasteiger partial charge in [0.2, 0.25) is 0 Å². The summed E-state index contributed by atoms with van der Waals surface area (Å²) in [5.41, 5.74) is 5.16. The van der Waals surface area contributed by atoms with E-state index in [9.17, 15) is 4.79 Å². The molecule has 23 heavy (non-hydrogen) atoms. The third-order valence-corrected chi connectivity index (χ3v) is 3.77. The van der Waals surface area contributed by atoms with Crippen molar-refractivity contribution in [2.45, 2.75) is 13.8 Å². The lowest BCUT2D eigenvalue weighted by atomic mass is 10.1. The van der Waals surface area contributed by atoms with Crippen molar-refractivity contribution in [2.24, 2.45) is 5.10 Å². The number of amides is 1. The molecule has 4 nitrogen and oxygen atoms in total. The Balaban J connectivity index is 1.87. The molecule has 1 N–H and O–H groups in total. The van der Waals surface area contributed by atoms with Crippen molar-refractivity contribution in [2.75, 3.05) is 6.61 Å². The topological polar surface area (TPSA) is 50.7 Å². The van der Waals surface area contributed by atoms with Crippen LogP contribution in [0.5, 0.6) is 5.75 Å². The van der Waals surface area contributed by atoms with E-state index < -0.39 is 0 Å². The third-order valence-electron chi connectivity index (χ3n) is 2.94. The lowest BCUT2D eigenvalue weighted by Gasteiger charge is -2.07. The Bertz CT molecular complexity index is 725. The van der Waals surface area contributed by atoms with Crippen LogP contribution in [0, 0.1) is 13.8 Å². The average molecular weight is 351 g/mol. The van der Waals surface area contributed by atoms with Crippen LogP contribution < -0.4 is 10.2 Å². The van der Waals surface area contributed by atoms with Gasteiger partial charge in [0.15, 0.2) is 6.61 Å². The Hall–Kier alpha value is -2.04. The first kappa shape index (κ1) is 17.3. The highest BCUT2D eigenvalue weighted by Crippen LogP contribution is 2.24. The number of hydrazone groups is 1. The molecule has 0 aliphatic heterocycles. The SMILES string of the molecule is Cc1cc(C)cc(OCC(=O)N/N=C/c2cccc(Cl)c2Cl)c1. The minimum absolute atomic E-state index is 0.122. The molecular weight excluding hydrogens is 335 g/mol. The lowest BCUT2D eigenvalue weighted by Crippen LogP contribution is -2.24. The summed E-state index contributed by atoms with van der Waals surface area (Å²) in [7, 11) is 0. The molecule has 120 valence electrons. The largest absolute Gasteiger partial charge is 0.484 e. The Morgan fingerprint density at radius 1 is 1.22 bits per heavy atom. The van der Waals surface area contributed by atoms with E-state index in [4.69, 9.17) is 27.9 Å². The van der Waals surface area contributed by atoms with Gasteiger partial charge in [0.05, 0.1) is 16.3 Å². The first-order chi connectivity index (χ1) is 11.0. The molecule has 0 heterocycles. The zero-order chi connectivity index (χ0) is 16.8. The van der Waals surface area contributed by atoms with Crippen LogP contribution in [0.25, 0.3) is 0 Å². The predicted molar refractivity (Wildman–Crippen MR) is 93.6 cm³/mol. The molecule has 0 saturated heterocycles. The highest BCUT2D eigenvalue weighted by molar-refractivity contribution is 6.43. The summed E-state index contributed by atoms with van der Waals surface area (Å²) in [5.74, 6) is 0.290. The summed E-state index contributed by atoms with van der Waals surface area (Å²) in [6.07, 6.45) is 1.43. The Morgan fingerprint density at radius 2 is 1.91 bits per heavy atom. The average Bonchev–Trinajstić information content (AvgIpc) is 2.48. The normalized spacial score (nSPS) is 10.8. The van der Waals surface area contributed by atoms with Crippen LogP contribution >= 0.6 is 23.2 Å². The van der Waals surface area contributed by atoms with E-state index >= 15 is 0 Å². The number of hydrogen-bond donors (Lipinski definition) is 1. The summed E-state index contributed by atoms with van der Waals surface area (Å²) in [4.78, 5) is 11.7. The van der Waals surface area contributed by atoms with Crippen molar-refractivity contribution in [3.05, 3.63) is 63.1 Å². The van der Waals surface area contributed by atoms with Crippen LogP contribution in [0.15, 0.2) is 41.5 Å². The van der Waals surface area contributed by atoms with Crippen LogP contribution in [0.1, 0.15) is 16.7 Å². The van der Waals surface area contributed by atoms with E-state index in [1.54, 1.807) is 18.2 Å². The maximum atomic E-state index is 11.7. The van der Waals surface area contributed by atoms with Crippen molar-refractivity contribution in [3.63, 3.8) is 0 Å². The van der Waals surface area contributed by atoms with Gasteiger partial charge in [-0.3, -0.25) is 4.79 Å². The molecule has 2 aromatic rings. The van der Waals surface area contributed by atoms with Crippen LogP contribution in [0.3, 0.4) is 0 Å². The fourth-order valence-corrected chi connectivity index (χ4v) is 2.35. The van der Waals surface area contributed by atoms with Gasteiger partial charge in [-0.25, -0.2) is 5.43 Å². The van der Waals surface area contributed by atoms with E-state index in [0.717, 1.165) is 11.1 Å². The van der Waals surface area contributed by atoms with E-state index in [0.29, 0.717) is 21.4 Å². The number of halogens is 2. The number of nitrogens with zero attached hydrogens (tertiary/aromatic N) is 1. The maximum absolute atomic E-state index is 11.7. The molecule has 0 radical (unpaired) electrons. The van der Waals surface area contributed by atoms with Gasteiger partial charge < -0.3 is 4.74 Å². The molecular formula is C17H16Cl2N2O2. The molecule has 2 rings (SSSR count). The number of benzene rings is 2. The van der Waals surface area contributed by atoms with Crippen LogP contribution in [0.4, 0.5) is 0 Å². The highest BCUT2D eigenvalue weighted by Gasteiger charge is 2.04. The van der Waals surface area contributed by atoms with Gasteiger partial charge in [0.25, 0.3) is 5.91 Å². The molecule has 0 aliphatic carbocycles. The monoisotopic (exact) mass is 350 g/mol. The van der Waals surface area contributed by atoms with E-state index in [2.05, 4.69) is 10.5 Å². The predicted octanol–water partition coefficient (Wildman–Crippen LogP) is 4.14. The quantitative estimate of drug-likeness (QED) is 0.650. The second-order valence-electron chi connectivity index (χ2n) is 5.05. The summed E-state index contributed by atoms with van der Waals surface area (Å²) in [6, 6.07) is 10.9. The van der Waals surface area contributed by atoms with E-state index in [1.807, 2.05) is 32.0 Å². The van der Waals surface area contributed by atoms with Gasteiger partial charge >= 0.3 is 0 Å². The molecule has 1 amide bonds. The number of hydrogen-bond acceptors (Lipinski definition) is 3. The molecule has 0 fully saturated rings. The minimum Gasteiger partial charge on any atom is -0.484 e. The number of rotatable bonds is 5. The molecule has 0 aliphatic rings. The number of carbonyl (C=O) groups is 1. The molecule has 0 bridgehead atoms. The molecule has 6 heteroatoms. The Labute approximate surface area is 145 Å². The second-order valence-corrected chi connectivity index (χ2v) is 5.83. The molecule has 0 unspecified atom stereocenters. The van der Waals surface area contributed by atoms with Gasteiger partial charge in [0.1, 0.15) is 5.75 Å². The first-order valence-corrected chi connectivity index (χ1v) is 7.68. The number of carbonyl (C=O) groups excluding carboxylic acids is 1. The minimum atomic E-state index is -0.362. The van der Waals surface area contributed by atoms with Crippen LogP contribution in [0.2, 0.25) is 10.0 Å². The smallest absolute Gasteiger partial charge is 0.277 e. The van der Waals surface area contributed by atoms with Crippen molar-refractivity contribution >= 4 is 35.3 Å². The molecule has 0 aromatic heterocycles. The van der Waals surface area contributed by atoms with Gasteiger partial charge in [-0.1, -0.05) is 41.4 Å². The van der Waals surface area contributed by atoms with Gasteiger partial charge in [-0.15, -0.1) is 0 Å². The summed E-state index contributed by atoms with van der Waals surface area (Å²) < 4.78 is 5.44. The lowest BCUT2D eigenvalue weighted by molar-refractivity contribution is -0.123. The Kier molecular flexibility index (Phi) is 6.02. The zero-order valence-corrected chi connectivity index (χ0v) is 14.3. The summed E-state index contributed by atoms with van der Waals surface area (Å²) >= 11 is 11.9. The standard InChI is InChI=1S/C17H16Cl2N2O2/c1-11-6-12(2)8-14(7-11)23-10-16(22)21-20-9-13-4-3-5-15(18)17(13)19/h3-9H,10H2,1-2H3,(H,21,22)/b20-9+. The highest BCUT2D eigenvalue weighted by atomic mass is 35.5. The summed E-state index contributed by atoms with van der Waals surface area (Å²) in [5, 5.41) is 4.66. The van der Waals surface area contributed by atoms with Gasteiger partial charge in [-0.2, -0.15) is 5.10 Å². The maximum Gasteiger partial charge on any atom is 0.277 e. The Morgan fingerprint density at radius 3 is 2.61 bits per heavy atom.